The fourth-order valence-electron chi connectivity index (χ4n) is 0.995. The Kier molecular flexibility index (Phi) is 6.55. The highest BCUT2D eigenvalue weighted by Gasteiger charge is 1.86. The van der Waals surface area contributed by atoms with Crippen molar-refractivity contribution in [1.29, 1.82) is 0 Å². The van der Waals surface area contributed by atoms with Gasteiger partial charge in [0.15, 0.2) is 0 Å². The molecule has 0 atom stereocenters. The third-order valence-corrected chi connectivity index (χ3v) is 1.64. The van der Waals surface area contributed by atoms with Gasteiger partial charge in [-0.2, -0.15) is 0 Å². The number of benzene rings is 1. The van der Waals surface area contributed by atoms with Crippen LogP contribution in [0.5, 0.6) is 0 Å². The molecule has 72 valence electrons. The number of likely N-dealkylation sites (N-methyl/N-ethyl adjacent to an activating group) is 1. The second kappa shape index (κ2) is 6.87. The molecular formula is C11H16BrN. The zero-order chi connectivity index (χ0) is 8.81. The van der Waals surface area contributed by atoms with Crippen LogP contribution >= 0.6 is 0 Å². The summed E-state index contributed by atoms with van der Waals surface area (Å²) >= 11 is 0. The first-order valence-electron chi connectivity index (χ1n) is 4.29. The van der Waals surface area contributed by atoms with Gasteiger partial charge in [-0.15, -0.1) is 0 Å². The number of halogens is 1. The molecule has 0 aliphatic heterocycles. The first-order valence-corrected chi connectivity index (χ1v) is 4.29. The summed E-state index contributed by atoms with van der Waals surface area (Å²) in [6.45, 7) is 1.08. The van der Waals surface area contributed by atoms with Crippen LogP contribution in [0, 0.1) is 0 Å². The lowest BCUT2D eigenvalue weighted by Crippen LogP contribution is -3.05. The molecule has 1 aromatic carbocycles. The maximum absolute atomic E-state index is 2.20. The van der Waals surface area contributed by atoms with E-state index in [1.165, 1.54) is 10.5 Å². The number of hydrogen-bond donors (Lipinski definition) is 1. The maximum atomic E-state index is 2.20. The minimum atomic E-state index is 0. The Morgan fingerprint density at radius 2 is 1.77 bits per heavy atom. The van der Waals surface area contributed by atoms with Crippen LogP contribution in [0.25, 0.3) is 6.08 Å². The Hall–Kier alpha value is -0.600. The average molecular weight is 242 g/mol. The van der Waals surface area contributed by atoms with Gasteiger partial charge in [-0.25, -0.2) is 0 Å². The first-order chi connectivity index (χ1) is 5.79. The quantitative estimate of drug-likeness (QED) is 0.616. The molecule has 13 heavy (non-hydrogen) atoms. The molecule has 0 aliphatic carbocycles. The highest BCUT2D eigenvalue weighted by Crippen LogP contribution is 1.99. The molecule has 0 saturated heterocycles. The van der Waals surface area contributed by atoms with Crippen LogP contribution in [0.1, 0.15) is 5.56 Å². The Balaban J connectivity index is 0.00000144. The van der Waals surface area contributed by atoms with E-state index < -0.39 is 0 Å². The van der Waals surface area contributed by atoms with Gasteiger partial charge >= 0.3 is 0 Å². The smallest absolute Gasteiger partial charge is 0.0957 e. The van der Waals surface area contributed by atoms with Crippen molar-refractivity contribution >= 4 is 6.08 Å². The molecule has 0 amide bonds. The van der Waals surface area contributed by atoms with E-state index >= 15 is 0 Å². The van der Waals surface area contributed by atoms with Crippen molar-refractivity contribution in [2.45, 2.75) is 0 Å². The third kappa shape index (κ3) is 5.61. The maximum Gasteiger partial charge on any atom is 0.0957 e. The largest absolute Gasteiger partial charge is 1.00 e. The number of quaternary nitrogens is 1. The molecule has 0 bridgehead atoms. The lowest BCUT2D eigenvalue weighted by Gasteiger charge is -2.00. The zero-order valence-electron chi connectivity index (χ0n) is 8.13. The van der Waals surface area contributed by atoms with Gasteiger partial charge < -0.3 is 21.9 Å². The normalized spacial score (nSPS) is 10.4. The topological polar surface area (TPSA) is 4.44 Å². The fourth-order valence-corrected chi connectivity index (χ4v) is 0.995. The summed E-state index contributed by atoms with van der Waals surface area (Å²) in [5, 5.41) is 0. The van der Waals surface area contributed by atoms with Gasteiger partial charge in [0.2, 0.25) is 0 Å². The van der Waals surface area contributed by atoms with Crippen LogP contribution in [0.2, 0.25) is 0 Å². The van der Waals surface area contributed by atoms with Crippen molar-refractivity contribution in [3.8, 4) is 0 Å². The number of nitrogens with one attached hydrogen (secondary N) is 1. The van der Waals surface area contributed by atoms with E-state index in [1.54, 1.807) is 0 Å². The Bertz CT molecular complexity index is 242. The summed E-state index contributed by atoms with van der Waals surface area (Å²) in [5.74, 6) is 0. The summed E-state index contributed by atoms with van der Waals surface area (Å²) in [6.07, 6.45) is 4.36. The summed E-state index contributed by atoms with van der Waals surface area (Å²) in [6, 6.07) is 10.4. The van der Waals surface area contributed by atoms with E-state index in [0.29, 0.717) is 0 Å². The highest BCUT2D eigenvalue weighted by atomic mass is 79.9. The predicted octanol–water partition coefficient (Wildman–Crippen LogP) is -2.15. The molecule has 0 aliphatic rings. The minimum absolute atomic E-state index is 0. The summed E-state index contributed by atoms with van der Waals surface area (Å²) in [4.78, 5) is 1.45. The van der Waals surface area contributed by atoms with Crippen molar-refractivity contribution in [1.82, 2.24) is 0 Å². The Labute approximate surface area is 90.8 Å². The van der Waals surface area contributed by atoms with E-state index in [1.807, 2.05) is 6.07 Å². The molecule has 0 heterocycles. The molecule has 0 radical (unpaired) electrons. The van der Waals surface area contributed by atoms with Crippen LogP contribution in [-0.2, 0) is 0 Å². The number of rotatable bonds is 3. The van der Waals surface area contributed by atoms with E-state index in [2.05, 4.69) is 50.5 Å². The van der Waals surface area contributed by atoms with Gasteiger partial charge in [0, 0.05) is 0 Å². The van der Waals surface area contributed by atoms with Crippen LogP contribution in [0.3, 0.4) is 0 Å². The minimum Gasteiger partial charge on any atom is -1.00 e. The van der Waals surface area contributed by atoms with Crippen molar-refractivity contribution in [3.63, 3.8) is 0 Å². The molecule has 1 rings (SSSR count). The van der Waals surface area contributed by atoms with Crippen LogP contribution in [-0.4, -0.2) is 20.6 Å². The molecule has 0 aromatic heterocycles. The van der Waals surface area contributed by atoms with Gasteiger partial charge in [0.05, 0.1) is 20.6 Å². The molecule has 2 heteroatoms. The van der Waals surface area contributed by atoms with Crippen molar-refractivity contribution in [3.05, 3.63) is 42.0 Å². The lowest BCUT2D eigenvalue weighted by atomic mass is 10.2. The molecule has 1 aromatic rings. The monoisotopic (exact) mass is 241 g/mol. The average Bonchev–Trinajstić information content (AvgIpc) is 2.05. The van der Waals surface area contributed by atoms with Crippen LogP contribution in [0.4, 0.5) is 0 Å². The van der Waals surface area contributed by atoms with E-state index in [-0.39, 0.29) is 17.0 Å². The van der Waals surface area contributed by atoms with Gasteiger partial charge in [-0.05, 0) is 11.6 Å². The molecule has 1 nitrogen and oxygen atoms in total. The van der Waals surface area contributed by atoms with Gasteiger partial charge in [-0.1, -0.05) is 36.4 Å². The lowest BCUT2D eigenvalue weighted by molar-refractivity contribution is -0.851. The Morgan fingerprint density at radius 3 is 2.31 bits per heavy atom. The third-order valence-electron chi connectivity index (χ3n) is 1.64. The molecular weight excluding hydrogens is 226 g/mol. The fraction of sp³-hybridized carbons (Fsp3) is 0.273. The van der Waals surface area contributed by atoms with Gasteiger partial charge in [-0.3, -0.25) is 0 Å². The van der Waals surface area contributed by atoms with Crippen molar-refractivity contribution in [2.75, 3.05) is 20.6 Å². The van der Waals surface area contributed by atoms with E-state index in [0.717, 1.165) is 6.54 Å². The van der Waals surface area contributed by atoms with E-state index in [9.17, 15) is 0 Å². The molecule has 1 N–H and O–H groups in total. The number of hydrogen-bond acceptors (Lipinski definition) is 0. The van der Waals surface area contributed by atoms with Crippen LogP contribution < -0.4 is 21.9 Å². The summed E-state index contributed by atoms with van der Waals surface area (Å²) < 4.78 is 0. The van der Waals surface area contributed by atoms with Crippen molar-refractivity contribution < 1.29 is 21.9 Å². The zero-order valence-corrected chi connectivity index (χ0v) is 9.71. The second-order valence-electron chi connectivity index (χ2n) is 3.22. The van der Waals surface area contributed by atoms with Gasteiger partial charge in [0.25, 0.3) is 0 Å². The highest BCUT2D eigenvalue weighted by molar-refractivity contribution is 5.48. The molecule has 0 unspecified atom stereocenters. The second-order valence-corrected chi connectivity index (χ2v) is 3.22. The molecule has 0 spiro atoms. The molecule has 0 fully saturated rings. The Morgan fingerprint density at radius 1 is 1.15 bits per heavy atom. The van der Waals surface area contributed by atoms with Crippen molar-refractivity contribution in [2.24, 2.45) is 0 Å². The summed E-state index contributed by atoms with van der Waals surface area (Å²) in [5.41, 5.74) is 1.28. The first kappa shape index (κ1) is 12.4. The molecule has 0 saturated carbocycles. The summed E-state index contributed by atoms with van der Waals surface area (Å²) in [7, 11) is 4.30. The van der Waals surface area contributed by atoms with Crippen LogP contribution in [0.15, 0.2) is 36.4 Å². The SMILES string of the molecule is C[NH+](C)CC=Cc1ccccc1.[Br-]. The van der Waals surface area contributed by atoms with E-state index in [4.69, 9.17) is 0 Å². The standard InChI is InChI=1S/C11H15N.BrH/c1-12(2)10-6-9-11-7-4-3-5-8-11;/h3-9H,10H2,1-2H3;1H. The van der Waals surface area contributed by atoms with Gasteiger partial charge in [0.1, 0.15) is 0 Å². The predicted molar refractivity (Wildman–Crippen MR) is 53.2 cm³/mol.